The van der Waals surface area contributed by atoms with Gasteiger partial charge in [0.2, 0.25) is 15.6 Å². The number of ketones is 1. The molecule has 3 aromatic carbocycles. The highest BCUT2D eigenvalue weighted by atomic mass is 35.5. The van der Waals surface area contributed by atoms with Crippen LogP contribution in [-0.2, 0) is 16.9 Å². The van der Waals surface area contributed by atoms with Crippen LogP contribution in [-0.4, -0.2) is 23.9 Å². The average Bonchev–Trinajstić information content (AvgIpc) is 2.79. The number of hydrogen-bond acceptors (Lipinski definition) is 5. The number of aromatic nitrogens is 1. The third-order valence-electron chi connectivity index (χ3n) is 5.42. The number of nitrogens with zero attached hydrogens (tertiary/aromatic N) is 1. The number of carbonyl (C=O) groups excluding carboxylic acids is 1. The van der Waals surface area contributed by atoms with Crippen LogP contribution in [0, 0.1) is 6.92 Å². The molecule has 6 nitrogen and oxygen atoms in total. The van der Waals surface area contributed by atoms with Crippen molar-refractivity contribution in [3.05, 3.63) is 97.8 Å². The number of rotatable bonds is 4. The summed E-state index contributed by atoms with van der Waals surface area (Å²) in [6.45, 7) is 1.83. The number of aromatic hydroxyl groups is 1. The van der Waals surface area contributed by atoms with Crippen LogP contribution in [0.4, 0.5) is 0 Å². The van der Waals surface area contributed by atoms with E-state index in [1.54, 1.807) is 36.4 Å². The molecule has 1 N–H and O–H groups in total. The van der Waals surface area contributed by atoms with Crippen molar-refractivity contribution in [1.29, 1.82) is 0 Å². The number of para-hydroxylation sites is 1. The van der Waals surface area contributed by atoms with E-state index in [1.165, 1.54) is 35.9 Å². The molecule has 0 saturated carbocycles. The SMILES string of the molecule is Cc1ccc(S(=O)(=O)c2ccc(C(=O)c3c(O)c4ccccc4n(C)c3=O)c(Cl)c2Cl)cc1. The first kappa shape index (κ1) is 23.0. The van der Waals surface area contributed by atoms with Gasteiger partial charge in [0.15, 0.2) is 0 Å². The molecule has 0 aliphatic rings. The molecule has 33 heavy (non-hydrogen) atoms. The number of sulfone groups is 1. The molecule has 4 rings (SSSR count). The largest absolute Gasteiger partial charge is 0.506 e. The monoisotopic (exact) mass is 501 g/mol. The van der Waals surface area contributed by atoms with Crippen LogP contribution in [0.3, 0.4) is 0 Å². The van der Waals surface area contributed by atoms with Gasteiger partial charge >= 0.3 is 0 Å². The number of benzene rings is 3. The predicted molar refractivity (Wildman–Crippen MR) is 127 cm³/mol. The van der Waals surface area contributed by atoms with Gasteiger partial charge in [-0.15, -0.1) is 0 Å². The standard InChI is InChI=1S/C24H17Cl2NO5S/c1-13-7-9-14(10-8-13)33(31,32)18-12-11-16(20(25)21(18)26)23(29)19-22(28)15-5-3-4-6-17(15)27(2)24(19)30/h3-12,28H,1-2H3. The number of fused-ring (bicyclic) bond motifs is 1. The summed E-state index contributed by atoms with van der Waals surface area (Å²) in [5, 5.41) is 10.3. The lowest BCUT2D eigenvalue weighted by atomic mass is 10.0. The van der Waals surface area contributed by atoms with E-state index in [1.807, 2.05) is 6.92 Å². The van der Waals surface area contributed by atoms with Crippen molar-refractivity contribution < 1.29 is 18.3 Å². The van der Waals surface area contributed by atoms with Crippen molar-refractivity contribution in [3.8, 4) is 5.75 Å². The van der Waals surface area contributed by atoms with E-state index in [4.69, 9.17) is 23.2 Å². The lowest BCUT2D eigenvalue weighted by Crippen LogP contribution is -2.25. The van der Waals surface area contributed by atoms with Gasteiger partial charge in [0.05, 0.1) is 25.4 Å². The molecule has 4 aromatic rings. The van der Waals surface area contributed by atoms with E-state index in [0.29, 0.717) is 10.9 Å². The highest BCUT2D eigenvalue weighted by Crippen LogP contribution is 2.37. The topological polar surface area (TPSA) is 93.4 Å². The molecule has 0 radical (unpaired) electrons. The number of hydrogen-bond donors (Lipinski definition) is 1. The summed E-state index contributed by atoms with van der Waals surface area (Å²) in [7, 11) is -2.53. The quantitative estimate of drug-likeness (QED) is 0.400. The van der Waals surface area contributed by atoms with Crippen molar-refractivity contribution in [2.45, 2.75) is 16.7 Å². The number of halogens is 2. The Kier molecular flexibility index (Phi) is 5.82. The Balaban J connectivity index is 1.87. The summed E-state index contributed by atoms with van der Waals surface area (Å²) in [6.07, 6.45) is 0. The molecule has 9 heteroatoms. The van der Waals surface area contributed by atoms with Gasteiger partial charge in [0, 0.05) is 18.0 Å². The van der Waals surface area contributed by atoms with Gasteiger partial charge in [0.1, 0.15) is 11.3 Å². The maximum Gasteiger partial charge on any atom is 0.265 e. The van der Waals surface area contributed by atoms with Gasteiger partial charge in [-0.3, -0.25) is 9.59 Å². The van der Waals surface area contributed by atoms with Crippen LogP contribution >= 0.6 is 23.2 Å². The summed E-state index contributed by atoms with van der Waals surface area (Å²) in [6, 6.07) is 15.1. The molecular formula is C24H17Cl2NO5S. The molecule has 0 aliphatic carbocycles. The minimum Gasteiger partial charge on any atom is -0.506 e. The fraction of sp³-hybridized carbons (Fsp3) is 0.0833. The normalized spacial score (nSPS) is 11.6. The van der Waals surface area contributed by atoms with Crippen LogP contribution in [0.25, 0.3) is 10.9 Å². The molecule has 0 fully saturated rings. The average molecular weight is 502 g/mol. The van der Waals surface area contributed by atoms with Gasteiger partial charge in [-0.25, -0.2) is 8.42 Å². The van der Waals surface area contributed by atoms with Crippen LogP contribution < -0.4 is 5.56 Å². The summed E-state index contributed by atoms with van der Waals surface area (Å²) in [4.78, 5) is 25.9. The first-order chi connectivity index (χ1) is 15.6. The Labute approximate surface area is 199 Å². The molecule has 0 bridgehead atoms. The Morgan fingerprint density at radius 2 is 1.58 bits per heavy atom. The van der Waals surface area contributed by atoms with Crippen LogP contribution in [0.15, 0.2) is 75.2 Å². The summed E-state index contributed by atoms with van der Waals surface area (Å²) in [5.41, 5.74) is -0.0775. The maximum absolute atomic E-state index is 13.3. The van der Waals surface area contributed by atoms with Crippen molar-refractivity contribution >= 4 is 49.7 Å². The van der Waals surface area contributed by atoms with E-state index in [-0.39, 0.29) is 25.4 Å². The van der Waals surface area contributed by atoms with Gasteiger partial charge in [-0.1, -0.05) is 53.0 Å². The van der Waals surface area contributed by atoms with Gasteiger partial charge in [-0.05, 0) is 43.3 Å². The molecule has 0 saturated heterocycles. The zero-order valence-corrected chi connectivity index (χ0v) is 19.8. The zero-order chi connectivity index (χ0) is 24.1. The molecule has 0 spiro atoms. The van der Waals surface area contributed by atoms with Gasteiger partial charge < -0.3 is 9.67 Å². The zero-order valence-electron chi connectivity index (χ0n) is 17.5. The number of aryl methyl sites for hydroxylation is 2. The second-order valence-corrected chi connectivity index (χ2v) is 10.2. The molecule has 0 unspecified atom stereocenters. The predicted octanol–water partition coefficient (Wildman–Crippen LogP) is 4.92. The lowest BCUT2D eigenvalue weighted by molar-refractivity contribution is 0.103. The molecule has 1 heterocycles. The minimum atomic E-state index is -4.01. The summed E-state index contributed by atoms with van der Waals surface area (Å²) >= 11 is 12.6. The Bertz CT molecular complexity index is 1610. The Morgan fingerprint density at radius 3 is 2.24 bits per heavy atom. The highest BCUT2D eigenvalue weighted by molar-refractivity contribution is 7.91. The molecule has 0 aliphatic heterocycles. The van der Waals surface area contributed by atoms with E-state index in [9.17, 15) is 23.1 Å². The van der Waals surface area contributed by atoms with Crippen molar-refractivity contribution in [2.24, 2.45) is 7.05 Å². The minimum absolute atomic E-state index is 0.0196. The third kappa shape index (κ3) is 3.72. The summed E-state index contributed by atoms with van der Waals surface area (Å²) < 4.78 is 27.3. The second kappa shape index (κ2) is 8.33. The smallest absolute Gasteiger partial charge is 0.265 e. The first-order valence-electron chi connectivity index (χ1n) is 9.71. The van der Waals surface area contributed by atoms with E-state index >= 15 is 0 Å². The lowest BCUT2D eigenvalue weighted by Gasteiger charge is -2.13. The fourth-order valence-electron chi connectivity index (χ4n) is 3.58. The maximum atomic E-state index is 13.3. The first-order valence-corrected chi connectivity index (χ1v) is 11.9. The van der Waals surface area contributed by atoms with Crippen molar-refractivity contribution in [1.82, 2.24) is 4.57 Å². The Morgan fingerprint density at radius 1 is 0.939 bits per heavy atom. The molecule has 0 amide bonds. The Hall–Kier alpha value is -3.13. The van der Waals surface area contributed by atoms with Crippen LogP contribution in [0.5, 0.6) is 5.75 Å². The third-order valence-corrected chi connectivity index (χ3v) is 8.22. The highest BCUT2D eigenvalue weighted by Gasteiger charge is 2.28. The molecular weight excluding hydrogens is 485 g/mol. The van der Waals surface area contributed by atoms with Gasteiger partial charge in [0.25, 0.3) is 5.56 Å². The molecule has 1 aromatic heterocycles. The van der Waals surface area contributed by atoms with E-state index in [0.717, 1.165) is 5.56 Å². The van der Waals surface area contributed by atoms with Crippen molar-refractivity contribution in [3.63, 3.8) is 0 Å². The number of carbonyl (C=O) groups is 1. The van der Waals surface area contributed by atoms with Crippen LogP contribution in [0.1, 0.15) is 21.5 Å². The van der Waals surface area contributed by atoms with Gasteiger partial charge in [-0.2, -0.15) is 0 Å². The van der Waals surface area contributed by atoms with Crippen LogP contribution in [0.2, 0.25) is 10.0 Å². The van der Waals surface area contributed by atoms with Crippen molar-refractivity contribution in [2.75, 3.05) is 0 Å². The van der Waals surface area contributed by atoms with E-state index in [2.05, 4.69) is 0 Å². The van der Waals surface area contributed by atoms with E-state index < -0.39 is 32.5 Å². The molecule has 0 atom stereocenters. The second-order valence-electron chi connectivity index (χ2n) is 7.49. The molecule has 168 valence electrons. The summed E-state index contributed by atoms with van der Waals surface area (Å²) in [5.74, 6) is -1.35. The fourth-order valence-corrected chi connectivity index (χ4v) is 5.69. The number of pyridine rings is 1.